The molecule has 5 nitrogen and oxygen atoms in total. The quantitative estimate of drug-likeness (QED) is 0.805. The van der Waals surface area contributed by atoms with E-state index in [1.54, 1.807) is 6.20 Å². The third-order valence-corrected chi connectivity index (χ3v) is 2.96. The molecule has 1 aliphatic heterocycles. The Morgan fingerprint density at radius 3 is 3.12 bits per heavy atom. The van der Waals surface area contributed by atoms with Crippen molar-refractivity contribution in [2.24, 2.45) is 5.92 Å². The van der Waals surface area contributed by atoms with Crippen LogP contribution in [0.5, 0.6) is 0 Å². The van der Waals surface area contributed by atoms with Crippen LogP contribution in [0.25, 0.3) is 0 Å². The van der Waals surface area contributed by atoms with Gasteiger partial charge in [-0.05, 0) is 19.4 Å². The van der Waals surface area contributed by atoms with Gasteiger partial charge in [-0.3, -0.25) is 0 Å². The first-order valence-corrected chi connectivity index (χ1v) is 5.66. The number of aromatic nitrogens is 2. The molecule has 0 aliphatic carbocycles. The highest BCUT2D eigenvalue weighted by molar-refractivity contribution is 5.39. The molecule has 0 spiro atoms. The third-order valence-electron chi connectivity index (χ3n) is 2.96. The van der Waals surface area contributed by atoms with Crippen molar-refractivity contribution < 1.29 is 4.74 Å². The lowest BCUT2D eigenvalue weighted by Crippen LogP contribution is -2.21. The Balaban J connectivity index is 1.88. The zero-order valence-corrected chi connectivity index (χ0v) is 9.73. The summed E-state index contributed by atoms with van der Waals surface area (Å²) in [6.07, 6.45) is 3.21. The van der Waals surface area contributed by atoms with Gasteiger partial charge in [0.1, 0.15) is 5.82 Å². The van der Waals surface area contributed by atoms with E-state index in [4.69, 9.17) is 4.74 Å². The largest absolute Gasteiger partial charge is 0.378 e. The van der Waals surface area contributed by atoms with E-state index in [0.29, 0.717) is 18.0 Å². The van der Waals surface area contributed by atoms with E-state index in [1.807, 2.05) is 13.1 Å². The van der Waals surface area contributed by atoms with Crippen molar-refractivity contribution in [3.8, 4) is 0 Å². The fourth-order valence-corrected chi connectivity index (χ4v) is 1.86. The zero-order chi connectivity index (χ0) is 11.4. The number of nitrogens with one attached hydrogen (secondary N) is 2. The van der Waals surface area contributed by atoms with Gasteiger partial charge in [0.25, 0.3) is 0 Å². The molecule has 1 aliphatic rings. The summed E-state index contributed by atoms with van der Waals surface area (Å²) in [7, 11) is 1.81. The number of hydrogen-bond acceptors (Lipinski definition) is 5. The summed E-state index contributed by atoms with van der Waals surface area (Å²) >= 11 is 0. The molecule has 88 valence electrons. The highest BCUT2D eigenvalue weighted by atomic mass is 16.5. The molecule has 2 rings (SSSR count). The van der Waals surface area contributed by atoms with Crippen molar-refractivity contribution in [2.75, 3.05) is 30.8 Å². The summed E-state index contributed by atoms with van der Waals surface area (Å²) in [6.45, 7) is 3.90. The van der Waals surface area contributed by atoms with Crippen molar-refractivity contribution in [1.29, 1.82) is 0 Å². The lowest BCUT2D eigenvalue weighted by Gasteiger charge is -2.15. The number of nitrogens with zero attached hydrogens (tertiary/aromatic N) is 2. The maximum atomic E-state index is 5.51. The van der Waals surface area contributed by atoms with Crippen LogP contribution >= 0.6 is 0 Å². The molecular weight excluding hydrogens is 204 g/mol. The molecule has 2 N–H and O–H groups in total. The van der Waals surface area contributed by atoms with Crippen LogP contribution in [0.2, 0.25) is 0 Å². The van der Waals surface area contributed by atoms with Crippen molar-refractivity contribution in [1.82, 2.24) is 9.97 Å². The van der Waals surface area contributed by atoms with E-state index < -0.39 is 0 Å². The Hall–Kier alpha value is -1.36. The van der Waals surface area contributed by atoms with E-state index >= 15 is 0 Å². The van der Waals surface area contributed by atoms with Crippen LogP contribution in [0.15, 0.2) is 12.3 Å². The number of anilines is 2. The number of rotatable bonds is 4. The highest BCUT2D eigenvalue weighted by Crippen LogP contribution is 2.20. The van der Waals surface area contributed by atoms with E-state index in [0.717, 1.165) is 25.4 Å². The van der Waals surface area contributed by atoms with Gasteiger partial charge < -0.3 is 15.4 Å². The molecule has 1 fully saturated rings. The first kappa shape index (κ1) is 11.1. The molecule has 16 heavy (non-hydrogen) atoms. The average Bonchev–Trinajstić information content (AvgIpc) is 2.72. The van der Waals surface area contributed by atoms with Crippen molar-refractivity contribution in [3.05, 3.63) is 12.3 Å². The smallest absolute Gasteiger partial charge is 0.224 e. The second-order valence-electron chi connectivity index (χ2n) is 4.02. The zero-order valence-electron chi connectivity index (χ0n) is 9.73. The summed E-state index contributed by atoms with van der Waals surface area (Å²) in [5, 5.41) is 6.24. The van der Waals surface area contributed by atoms with Crippen LogP contribution in [0.1, 0.15) is 13.3 Å². The van der Waals surface area contributed by atoms with Crippen LogP contribution in [0.4, 0.5) is 11.8 Å². The molecule has 0 amide bonds. The number of ether oxygens (including phenoxy) is 1. The maximum absolute atomic E-state index is 5.51. The maximum Gasteiger partial charge on any atom is 0.224 e. The minimum Gasteiger partial charge on any atom is -0.378 e. The lowest BCUT2D eigenvalue weighted by molar-refractivity contribution is 0.108. The summed E-state index contributed by atoms with van der Waals surface area (Å²) < 4.78 is 5.51. The molecule has 0 aromatic carbocycles. The Morgan fingerprint density at radius 1 is 1.56 bits per heavy atom. The SMILES string of the molecule is CNc1nccc(NCC2CCOC2C)n1. The molecule has 1 saturated heterocycles. The molecule has 1 aromatic heterocycles. The molecule has 2 heterocycles. The monoisotopic (exact) mass is 222 g/mol. The van der Waals surface area contributed by atoms with Crippen LogP contribution < -0.4 is 10.6 Å². The van der Waals surface area contributed by atoms with Crippen molar-refractivity contribution in [3.63, 3.8) is 0 Å². The topological polar surface area (TPSA) is 59.1 Å². The van der Waals surface area contributed by atoms with E-state index in [9.17, 15) is 0 Å². The summed E-state index contributed by atoms with van der Waals surface area (Å²) in [4.78, 5) is 8.37. The summed E-state index contributed by atoms with van der Waals surface area (Å²) in [5.74, 6) is 2.08. The molecule has 2 atom stereocenters. The van der Waals surface area contributed by atoms with Crippen LogP contribution in [-0.4, -0.2) is 36.3 Å². The average molecular weight is 222 g/mol. The predicted molar refractivity (Wildman–Crippen MR) is 63.6 cm³/mol. The molecular formula is C11H18N4O. The van der Waals surface area contributed by atoms with Gasteiger partial charge in [-0.15, -0.1) is 0 Å². The highest BCUT2D eigenvalue weighted by Gasteiger charge is 2.23. The van der Waals surface area contributed by atoms with E-state index in [1.165, 1.54) is 0 Å². The molecule has 0 radical (unpaired) electrons. The Kier molecular flexibility index (Phi) is 3.56. The normalized spacial score (nSPS) is 24.4. The Morgan fingerprint density at radius 2 is 2.44 bits per heavy atom. The Labute approximate surface area is 95.6 Å². The standard InChI is InChI=1S/C11H18N4O/c1-8-9(4-6-16-8)7-14-10-3-5-13-11(12-2)15-10/h3,5,8-9H,4,6-7H2,1-2H3,(H2,12,13,14,15). The molecule has 0 saturated carbocycles. The molecule has 0 bridgehead atoms. The van der Waals surface area contributed by atoms with E-state index in [-0.39, 0.29) is 0 Å². The lowest BCUT2D eigenvalue weighted by atomic mass is 10.0. The minimum atomic E-state index is 0.345. The van der Waals surface area contributed by atoms with Gasteiger partial charge >= 0.3 is 0 Å². The van der Waals surface area contributed by atoms with Gasteiger partial charge in [-0.1, -0.05) is 0 Å². The van der Waals surface area contributed by atoms with Crippen LogP contribution in [0, 0.1) is 5.92 Å². The van der Waals surface area contributed by atoms with Gasteiger partial charge in [0, 0.05) is 32.3 Å². The van der Waals surface area contributed by atoms with Gasteiger partial charge in [-0.2, -0.15) is 4.98 Å². The van der Waals surface area contributed by atoms with Crippen LogP contribution in [0.3, 0.4) is 0 Å². The van der Waals surface area contributed by atoms with Gasteiger partial charge in [0.2, 0.25) is 5.95 Å². The van der Waals surface area contributed by atoms with Gasteiger partial charge in [-0.25, -0.2) is 4.98 Å². The first-order valence-electron chi connectivity index (χ1n) is 5.66. The fourth-order valence-electron chi connectivity index (χ4n) is 1.86. The second kappa shape index (κ2) is 5.12. The third kappa shape index (κ3) is 2.61. The van der Waals surface area contributed by atoms with Gasteiger partial charge in [0.15, 0.2) is 0 Å². The van der Waals surface area contributed by atoms with Crippen molar-refractivity contribution in [2.45, 2.75) is 19.4 Å². The first-order chi connectivity index (χ1) is 7.79. The number of hydrogen-bond donors (Lipinski definition) is 2. The fraction of sp³-hybridized carbons (Fsp3) is 0.636. The predicted octanol–water partition coefficient (Wildman–Crippen LogP) is 1.36. The second-order valence-corrected chi connectivity index (χ2v) is 4.02. The Bertz CT molecular complexity index is 345. The van der Waals surface area contributed by atoms with E-state index in [2.05, 4.69) is 27.5 Å². The molecule has 2 unspecified atom stereocenters. The summed E-state index contributed by atoms with van der Waals surface area (Å²) in [5.41, 5.74) is 0. The molecule has 5 heteroatoms. The molecule has 1 aromatic rings. The van der Waals surface area contributed by atoms with Crippen LogP contribution in [-0.2, 0) is 4.74 Å². The van der Waals surface area contributed by atoms with Gasteiger partial charge in [0.05, 0.1) is 6.10 Å². The minimum absolute atomic E-state index is 0.345. The van der Waals surface area contributed by atoms with Crippen molar-refractivity contribution >= 4 is 11.8 Å². The summed E-state index contributed by atoms with van der Waals surface area (Å²) in [6, 6.07) is 1.88.